The molecule has 1 aliphatic heterocycles. The van der Waals surface area contributed by atoms with E-state index in [9.17, 15) is 0 Å². The van der Waals surface area contributed by atoms with Crippen molar-refractivity contribution in [3.8, 4) is 0 Å². The van der Waals surface area contributed by atoms with Crippen molar-refractivity contribution in [2.45, 2.75) is 52.1 Å². The molecular formula is C13H28N2O. The highest BCUT2D eigenvalue weighted by molar-refractivity contribution is 4.75. The molecule has 1 heterocycles. The molecule has 2 N–H and O–H groups in total. The van der Waals surface area contributed by atoms with Crippen molar-refractivity contribution < 1.29 is 4.74 Å². The van der Waals surface area contributed by atoms with E-state index in [2.05, 4.69) is 31.4 Å². The largest absolute Gasteiger partial charge is 0.381 e. The lowest BCUT2D eigenvalue weighted by atomic mass is 10.0. The monoisotopic (exact) mass is 228 g/mol. The first-order valence-electron chi connectivity index (χ1n) is 6.74. The third-order valence-corrected chi connectivity index (χ3v) is 3.29. The fourth-order valence-corrected chi connectivity index (χ4v) is 2.08. The molecule has 1 fully saturated rings. The lowest BCUT2D eigenvalue weighted by molar-refractivity contribution is 0.178. The highest BCUT2D eigenvalue weighted by Crippen LogP contribution is 2.16. The Balaban J connectivity index is 1.90. The van der Waals surface area contributed by atoms with Gasteiger partial charge in [0.1, 0.15) is 0 Å². The predicted octanol–water partition coefficient (Wildman–Crippen LogP) is 1.78. The van der Waals surface area contributed by atoms with Crippen LogP contribution in [0.25, 0.3) is 0 Å². The molecule has 0 aromatic carbocycles. The van der Waals surface area contributed by atoms with Gasteiger partial charge in [0.2, 0.25) is 0 Å². The molecule has 0 bridgehead atoms. The van der Waals surface area contributed by atoms with Crippen LogP contribution < -0.4 is 10.6 Å². The van der Waals surface area contributed by atoms with E-state index in [-0.39, 0.29) is 0 Å². The molecule has 0 aliphatic carbocycles. The molecule has 1 rings (SSSR count). The number of hydrogen-bond donors (Lipinski definition) is 2. The minimum absolute atomic E-state index is 0.612. The topological polar surface area (TPSA) is 33.3 Å². The van der Waals surface area contributed by atoms with Crippen LogP contribution in [0.5, 0.6) is 0 Å². The summed E-state index contributed by atoms with van der Waals surface area (Å²) in [4.78, 5) is 0. The van der Waals surface area contributed by atoms with Crippen molar-refractivity contribution in [3.63, 3.8) is 0 Å². The van der Waals surface area contributed by atoms with Crippen LogP contribution in [0.4, 0.5) is 0 Å². The van der Waals surface area contributed by atoms with Gasteiger partial charge in [0.15, 0.2) is 0 Å². The smallest absolute Gasteiger partial charge is 0.0509 e. The maximum atomic E-state index is 5.40. The standard InChI is InChI=1S/C13H28N2O/c1-11(2)14-7-4-5-8-15-12(3)13-6-9-16-10-13/h11-15H,4-10H2,1-3H3. The average Bonchev–Trinajstić information content (AvgIpc) is 2.75. The normalized spacial score (nSPS) is 22.9. The second kappa shape index (κ2) is 8.04. The zero-order chi connectivity index (χ0) is 11.8. The second-order valence-electron chi connectivity index (χ2n) is 5.18. The van der Waals surface area contributed by atoms with Gasteiger partial charge in [0.05, 0.1) is 6.61 Å². The first kappa shape index (κ1) is 13.9. The summed E-state index contributed by atoms with van der Waals surface area (Å²) in [5.74, 6) is 0.730. The molecule has 16 heavy (non-hydrogen) atoms. The second-order valence-corrected chi connectivity index (χ2v) is 5.18. The molecule has 0 aromatic rings. The molecule has 0 radical (unpaired) electrons. The first-order valence-corrected chi connectivity index (χ1v) is 6.74. The van der Waals surface area contributed by atoms with Crippen LogP contribution in [0.2, 0.25) is 0 Å². The Hall–Kier alpha value is -0.120. The van der Waals surface area contributed by atoms with Gasteiger partial charge in [0.25, 0.3) is 0 Å². The van der Waals surface area contributed by atoms with Gasteiger partial charge in [-0.3, -0.25) is 0 Å². The molecule has 2 atom stereocenters. The molecule has 0 spiro atoms. The van der Waals surface area contributed by atoms with Crippen LogP contribution >= 0.6 is 0 Å². The summed E-state index contributed by atoms with van der Waals surface area (Å²) < 4.78 is 5.40. The summed E-state index contributed by atoms with van der Waals surface area (Å²) in [6, 6.07) is 1.23. The molecule has 3 nitrogen and oxygen atoms in total. The molecule has 0 aromatic heterocycles. The number of hydrogen-bond acceptors (Lipinski definition) is 3. The summed E-state index contributed by atoms with van der Waals surface area (Å²) in [5, 5.41) is 7.05. The Morgan fingerprint density at radius 2 is 1.81 bits per heavy atom. The van der Waals surface area contributed by atoms with Crippen LogP contribution in [0.3, 0.4) is 0 Å². The summed E-state index contributed by atoms with van der Waals surface area (Å²) in [6.07, 6.45) is 3.75. The van der Waals surface area contributed by atoms with Crippen LogP contribution in [0.1, 0.15) is 40.0 Å². The van der Waals surface area contributed by atoms with E-state index >= 15 is 0 Å². The highest BCUT2D eigenvalue weighted by Gasteiger charge is 2.21. The van der Waals surface area contributed by atoms with Gasteiger partial charge in [-0.05, 0) is 45.2 Å². The van der Waals surface area contributed by atoms with E-state index in [4.69, 9.17) is 4.74 Å². The number of nitrogens with one attached hydrogen (secondary N) is 2. The zero-order valence-corrected chi connectivity index (χ0v) is 11.1. The summed E-state index contributed by atoms with van der Waals surface area (Å²) >= 11 is 0. The van der Waals surface area contributed by atoms with E-state index in [0.717, 1.165) is 32.2 Å². The lowest BCUT2D eigenvalue weighted by Crippen LogP contribution is -2.34. The van der Waals surface area contributed by atoms with E-state index in [1.807, 2.05) is 0 Å². The van der Waals surface area contributed by atoms with Gasteiger partial charge in [-0.1, -0.05) is 13.8 Å². The van der Waals surface area contributed by atoms with Gasteiger partial charge < -0.3 is 15.4 Å². The van der Waals surface area contributed by atoms with Gasteiger partial charge >= 0.3 is 0 Å². The predicted molar refractivity (Wildman–Crippen MR) is 68.8 cm³/mol. The number of unbranched alkanes of at least 4 members (excludes halogenated alkanes) is 1. The van der Waals surface area contributed by atoms with E-state index in [1.165, 1.54) is 19.3 Å². The highest BCUT2D eigenvalue weighted by atomic mass is 16.5. The molecule has 96 valence electrons. The molecule has 2 unspecified atom stereocenters. The van der Waals surface area contributed by atoms with Crippen LogP contribution in [0.15, 0.2) is 0 Å². The van der Waals surface area contributed by atoms with Gasteiger partial charge in [-0.2, -0.15) is 0 Å². The molecule has 1 saturated heterocycles. The molecule has 0 amide bonds. The summed E-state index contributed by atoms with van der Waals surface area (Å²) in [5.41, 5.74) is 0. The van der Waals surface area contributed by atoms with Gasteiger partial charge in [-0.25, -0.2) is 0 Å². The average molecular weight is 228 g/mol. The third kappa shape index (κ3) is 5.83. The van der Waals surface area contributed by atoms with Crippen molar-refractivity contribution in [1.82, 2.24) is 10.6 Å². The Morgan fingerprint density at radius 3 is 2.38 bits per heavy atom. The van der Waals surface area contributed by atoms with Crippen molar-refractivity contribution >= 4 is 0 Å². The SMILES string of the molecule is CC(C)NCCCCNC(C)C1CCOC1. The Kier molecular flexibility index (Phi) is 7.01. The molecule has 0 saturated carbocycles. The van der Waals surface area contributed by atoms with Crippen molar-refractivity contribution in [3.05, 3.63) is 0 Å². The van der Waals surface area contributed by atoms with Crippen molar-refractivity contribution in [2.75, 3.05) is 26.3 Å². The lowest BCUT2D eigenvalue weighted by Gasteiger charge is -2.19. The van der Waals surface area contributed by atoms with Gasteiger partial charge in [0, 0.05) is 18.7 Å². The molecule has 3 heteroatoms. The van der Waals surface area contributed by atoms with E-state index < -0.39 is 0 Å². The number of ether oxygens (including phenoxy) is 1. The fraction of sp³-hybridized carbons (Fsp3) is 1.00. The number of rotatable bonds is 8. The first-order chi connectivity index (χ1) is 7.70. The van der Waals surface area contributed by atoms with Crippen molar-refractivity contribution in [2.24, 2.45) is 5.92 Å². The maximum absolute atomic E-state index is 5.40. The van der Waals surface area contributed by atoms with Crippen LogP contribution in [0, 0.1) is 5.92 Å². The Labute approximate surface area is 100 Å². The maximum Gasteiger partial charge on any atom is 0.0509 e. The van der Waals surface area contributed by atoms with Crippen LogP contribution in [-0.2, 0) is 4.74 Å². The fourth-order valence-electron chi connectivity index (χ4n) is 2.08. The summed E-state index contributed by atoms with van der Waals surface area (Å²) in [7, 11) is 0. The van der Waals surface area contributed by atoms with Crippen LogP contribution in [-0.4, -0.2) is 38.4 Å². The van der Waals surface area contributed by atoms with E-state index in [0.29, 0.717) is 12.1 Å². The molecule has 1 aliphatic rings. The Morgan fingerprint density at radius 1 is 1.12 bits per heavy atom. The Bertz CT molecular complexity index is 167. The quantitative estimate of drug-likeness (QED) is 0.621. The molecular weight excluding hydrogens is 200 g/mol. The van der Waals surface area contributed by atoms with Crippen molar-refractivity contribution in [1.29, 1.82) is 0 Å². The third-order valence-electron chi connectivity index (χ3n) is 3.29. The zero-order valence-electron chi connectivity index (χ0n) is 11.1. The minimum Gasteiger partial charge on any atom is -0.381 e. The minimum atomic E-state index is 0.612. The van der Waals surface area contributed by atoms with E-state index in [1.54, 1.807) is 0 Å². The summed E-state index contributed by atoms with van der Waals surface area (Å²) in [6.45, 7) is 10.8. The van der Waals surface area contributed by atoms with Gasteiger partial charge in [-0.15, -0.1) is 0 Å².